The van der Waals surface area contributed by atoms with Crippen molar-refractivity contribution >= 4 is 35.0 Å². The monoisotopic (exact) mass is 356 g/mol. The molecule has 8 heteroatoms. The van der Waals surface area contributed by atoms with E-state index < -0.39 is 12.6 Å². The van der Waals surface area contributed by atoms with Gasteiger partial charge in [0.25, 0.3) is 0 Å². The van der Waals surface area contributed by atoms with Crippen LogP contribution >= 0.6 is 23.2 Å². The van der Waals surface area contributed by atoms with E-state index in [1.54, 1.807) is 0 Å². The Morgan fingerprint density at radius 2 is 1.91 bits per heavy atom. The zero-order valence-electron chi connectivity index (χ0n) is 12.7. The summed E-state index contributed by atoms with van der Waals surface area (Å²) in [5, 5.41) is 10.4. The Bertz CT molecular complexity index is 536. The van der Waals surface area contributed by atoms with Crippen molar-refractivity contribution in [1.82, 2.24) is 0 Å². The average Bonchev–Trinajstić information content (AvgIpc) is 2.45. The van der Waals surface area contributed by atoms with Gasteiger partial charge < -0.3 is 19.4 Å². The molecule has 0 aliphatic carbocycles. The van der Waals surface area contributed by atoms with Crippen LogP contribution in [0, 0.1) is 5.92 Å². The molecule has 0 bridgehead atoms. The molecule has 0 spiro atoms. The number of ketones is 1. The van der Waals surface area contributed by atoms with E-state index in [4.69, 9.17) is 32.7 Å². The molecule has 0 aliphatic rings. The summed E-state index contributed by atoms with van der Waals surface area (Å²) in [6.45, 7) is 1.51. The van der Waals surface area contributed by atoms with E-state index in [1.807, 2.05) is 6.92 Å². The van der Waals surface area contributed by atoms with Crippen molar-refractivity contribution in [1.29, 1.82) is 0 Å². The summed E-state index contributed by atoms with van der Waals surface area (Å²) in [7, 11) is 1.52. The van der Waals surface area contributed by atoms with Crippen LogP contribution in [0.2, 0.25) is 10.0 Å². The number of carbonyl (C=O) groups excluding carboxylic acids is 2. The van der Waals surface area contributed by atoms with Gasteiger partial charge in [-0.2, -0.15) is 0 Å². The van der Waals surface area contributed by atoms with E-state index in [0.717, 1.165) is 0 Å². The number of rotatable bonds is 8. The second-order valence-electron chi connectivity index (χ2n) is 4.32. The van der Waals surface area contributed by atoms with Gasteiger partial charge in [0.2, 0.25) is 0 Å². The molecular formula is C14H15Cl2NaO5. The third-order valence-corrected chi connectivity index (χ3v) is 3.75. The maximum absolute atomic E-state index is 12.3. The third-order valence-electron chi connectivity index (χ3n) is 2.89. The number of halogens is 2. The van der Waals surface area contributed by atoms with Gasteiger partial charge in [-0.3, -0.25) is 4.79 Å². The van der Waals surface area contributed by atoms with Crippen molar-refractivity contribution in [2.75, 3.05) is 20.3 Å². The van der Waals surface area contributed by atoms with Crippen molar-refractivity contribution in [2.45, 2.75) is 13.3 Å². The smallest absolute Gasteiger partial charge is 0.546 e. The van der Waals surface area contributed by atoms with Crippen LogP contribution in [0.15, 0.2) is 12.1 Å². The van der Waals surface area contributed by atoms with Crippen LogP contribution < -0.4 is 39.4 Å². The number of carbonyl (C=O) groups is 2. The third kappa shape index (κ3) is 5.72. The standard InChI is InChI=1S/C14H16Cl2O5.Na/c1-3-8(6-20-2)14(19)9-4-5-10(13(16)12(9)15)21-7-11(17)18;/h4-5,8H,3,6-7H2,1-2H3,(H,17,18);/q;+1/p-1. The SMILES string of the molecule is CCC(COC)C(=O)c1ccc(OCC(=O)[O-])c(Cl)c1Cl.[Na+]. The van der Waals surface area contributed by atoms with Gasteiger partial charge in [0.1, 0.15) is 17.4 Å². The second-order valence-corrected chi connectivity index (χ2v) is 5.08. The number of hydrogen-bond donors (Lipinski definition) is 0. The summed E-state index contributed by atoms with van der Waals surface area (Å²) in [6, 6.07) is 2.86. The van der Waals surface area contributed by atoms with Crippen molar-refractivity contribution in [2.24, 2.45) is 5.92 Å². The first-order chi connectivity index (χ1) is 9.92. The fourth-order valence-corrected chi connectivity index (χ4v) is 2.24. The predicted molar refractivity (Wildman–Crippen MR) is 77.0 cm³/mol. The Kier molecular flexibility index (Phi) is 10.3. The van der Waals surface area contributed by atoms with E-state index in [-0.39, 0.29) is 69.2 Å². The van der Waals surface area contributed by atoms with E-state index in [2.05, 4.69) is 0 Å². The van der Waals surface area contributed by atoms with Gasteiger partial charge in [-0.15, -0.1) is 0 Å². The second kappa shape index (κ2) is 10.5. The van der Waals surface area contributed by atoms with Gasteiger partial charge in [0.15, 0.2) is 5.78 Å². The number of benzene rings is 1. The van der Waals surface area contributed by atoms with E-state index in [9.17, 15) is 14.7 Å². The minimum Gasteiger partial charge on any atom is -0.546 e. The number of aliphatic carboxylic acids is 1. The first-order valence-electron chi connectivity index (χ1n) is 6.26. The number of hydrogen-bond acceptors (Lipinski definition) is 5. The van der Waals surface area contributed by atoms with Gasteiger partial charge in [-0.1, -0.05) is 30.1 Å². The van der Waals surface area contributed by atoms with Crippen molar-refractivity contribution < 1.29 is 53.7 Å². The van der Waals surface area contributed by atoms with Crippen LogP contribution in [0.5, 0.6) is 5.75 Å². The van der Waals surface area contributed by atoms with E-state index in [0.29, 0.717) is 6.42 Å². The molecule has 0 N–H and O–H groups in total. The Morgan fingerprint density at radius 1 is 1.27 bits per heavy atom. The molecule has 22 heavy (non-hydrogen) atoms. The molecule has 5 nitrogen and oxygen atoms in total. The van der Waals surface area contributed by atoms with E-state index in [1.165, 1.54) is 19.2 Å². The normalized spacial score (nSPS) is 11.5. The average molecular weight is 357 g/mol. The van der Waals surface area contributed by atoms with Gasteiger partial charge in [0, 0.05) is 18.6 Å². The molecule has 0 saturated heterocycles. The van der Waals surface area contributed by atoms with Crippen LogP contribution in [-0.2, 0) is 9.53 Å². The summed E-state index contributed by atoms with van der Waals surface area (Å²) in [6.07, 6.45) is 0.601. The molecule has 0 heterocycles. The van der Waals surface area contributed by atoms with Crippen LogP contribution in [0.4, 0.5) is 0 Å². The Labute approximate surface area is 161 Å². The number of Topliss-reactive ketones (excluding diaryl/α,β-unsaturated/α-hetero) is 1. The molecule has 1 aromatic rings. The largest absolute Gasteiger partial charge is 1.00 e. The van der Waals surface area contributed by atoms with Crippen molar-refractivity contribution in [3.8, 4) is 5.75 Å². The van der Waals surface area contributed by atoms with Crippen LogP contribution in [0.3, 0.4) is 0 Å². The summed E-state index contributed by atoms with van der Waals surface area (Å²) < 4.78 is 9.94. The molecule has 0 radical (unpaired) electrons. The zero-order chi connectivity index (χ0) is 16.0. The molecule has 1 aromatic carbocycles. The molecule has 1 atom stereocenters. The summed E-state index contributed by atoms with van der Waals surface area (Å²) >= 11 is 12.1. The van der Waals surface area contributed by atoms with Crippen molar-refractivity contribution in [3.63, 3.8) is 0 Å². The van der Waals surface area contributed by atoms with Gasteiger partial charge >= 0.3 is 29.6 Å². The maximum Gasteiger partial charge on any atom is 1.00 e. The van der Waals surface area contributed by atoms with Crippen LogP contribution in [0.1, 0.15) is 23.7 Å². The van der Waals surface area contributed by atoms with Crippen LogP contribution in [0.25, 0.3) is 0 Å². The predicted octanol–water partition coefficient (Wildman–Crippen LogP) is -1.02. The minimum atomic E-state index is -1.38. The zero-order valence-corrected chi connectivity index (χ0v) is 16.2. The fraction of sp³-hybridized carbons (Fsp3) is 0.429. The minimum absolute atomic E-state index is 0. The van der Waals surface area contributed by atoms with Gasteiger partial charge in [0.05, 0.1) is 17.6 Å². The summed E-state index contributed by atoms with van der Waals surface area (Å²) in [5.74, 6) is -1.80. The Morgan fingerprint density at radius 3 is 2.41 bits per heavy atom. The molecule has 0 amide bonds. The number of carboxylic acid groups (broad SMARTS) is 1. The van der Waals surface area contributed by atoms with Crippen molar-refractivity contribution in [3.05, 3.63) is 27.7 Å². The topological polar surface area (TPSA) is 75.7 Å². The van der Waals surface area contributed by atoms with Gasteiger partial charge in [-0.05, 0) is 18.6 Å². The molecule has 116 valence electrons. The Hall–Kier alpha value is -0.300. The molecular weight excluding hydrogens is 342 g/mol. The number of ether oxygens (including phenoxy) is 2. The summed E-state index contributed by atoms with van der Waals surface area (Å²) in [5.41, 5.74) is 0.256. The number of methoxy groups -OCH3 is 1. The molecule has 0 aromatic heterocycles. The van der Waals surface area contributed by atoms with Gasteiger partial charge in [-0.25, -0.2) is 0 Å². The van der Waals surface area contributed by atoms with E-state index >= 15 is 0 Å². The first kappa shape index (κ1) is 21.7. The van der Waals surface area contributed by atoms with Crippen LogP contribution in [-0.4, -0.2) is 32.1 Å². The molecule has 1 unspecified atom stereocenters. The molecule has 0 saturated carbocycles. The fourth-order valence-electron chi connectivity index (χ4n) is 1.77. The summed E-state index contributed by atoms with van der Waals surface area (Å²) in [4.78, 5) is 22.7. The quantitative estimate of drug-likeness (QED) is 0.440. The molecule has 0 fully saturated rings. The first-order valence-corrected chi connectivity index (χ1v) is 7.01. The maximum atomic E-state index is 12.3. The number of carboxylic acids is 1. The Balaban J connectivity index is 0.00000441. The molecule has 0 aliphatic heterocycles. The molecule has 1 rings (SSSR count).